The molecule has 228 valence electrons. The fourth-order valence-electron chi connectivity index (χ4n) is 4.50. The number of amides is 2. The van der Waals surface area contributed by atoms with Gasteiger partial charge >= 0.3 is 0 Å². The van der Waals surface area contributed by atoms with Gasteiger partial charge in [-0.15, -0.1) is 0 Å². The maximum atomic E-state index is 11.4. The average Bonchev–Trinajstić information content (AvgIpc) is 3.29. The fraction of sp³-hybridized carbons (Fsp3) is 0.351. The van der Waals surface area contributed by atoms with Gasteiger partial charge < -0.3 is 10.2 Å². The number of phenolic OH excluding ortho intramolecular Hbond substituents is 2. The van der Waals surface area contributed by atoms with Gasteiger partial charge in [0, 0.05) is 12.5 Å². The second-order valence-corrected chi connectivity index (χ2v) is 8.64. The molecule has 1 saturated heterocycles. The normalized spacial score (nSPS) is 15.9. The Balaban J connectivity index is 0.000000711. The van der Waals surface area contributed by atoms with E-state index in [1.54, 1.807) is 36.4 Å². The first-order chi connectivity index (χ1) is 20.3. The highest BCUT2D eigenvalue weighted by Gasteiger charge is 2.43. The molecule has 1 aliphatic carbocycles. The Kier molecular flexibility index (Phi) is 17.9. The monoisotopic (exact) mass is 573 g/mol. The molecule has 2 unspecified atom stereocenters. The molecule has 2 N–H and O–H groups in total. The Morgan fingerprint density at radius 1 is 0.548 bits per heavy atom. The van der Waals surface area contributed by atoms with E-state index in [-0.39, 0.29) is 40.6 Å². The van der Waals surface area contributed by atoms with Crippen molar-refractivity contribution >= 4 is 11.8 Å². The molecule has 3 aromatic rings. The Bertz CT molecular complexity index is 1150. The summed E-state index contributed by atoms with van der Waals surface area (Å²) in [5, 5.41) is 19.1. The Morgan fingerprint density at radius 2 is 0.857 bits per heavy atom. The summed E-state index contributed by atoms with van der Waals surface area (Å²) in [5.74, 6) is -0.161. The lowest BCUT2D eigenvalue weighted by Crippen LogP contribution is -2.25. The highest BCUT2D eigenvalue weighted by Crippen LogP contribution is 2.39. The van der Waals surface area contributed by atoms with Crippen LogP contribution in [-0.4, -0.2) is 34.0 Å². The van der Waals surface area contributed by atoms with E-state index in [1.165, 1.54) is 11.9 Å². The van der Waals surface area contributed by atoms with E-state index >= 15 is 0 Å². The van der Waals surface area contributed by atoms with Gasteiger partial charge in [0.05, 0.1) is 11.8 Å². The second-order valence-electron chi connectivity index (χ2n) is 8.64. The van der Waals surface area contributed by atoms with E-state index in [9.17, 15) is 19.8 Å². The number of hydrogen-bond acceptors (Lipinski definition) is 4. The highest BCUT2D eigenvalue weighted by molar-refractivity contribution is 6.06. The summed E-state index contributed by atoms with van der Waals surface area (Å²) < 4.78 is 0. The second kappa shape index (κ2) is 19.9. The summed E-state index contributed by atoms with van der Waals surface area (Å²) in [6.45, 7) is 18.2. The van der Waals surface area contributed by atoms with Crippen molar-refractivity contribution in [2.75, 3.05) is 7.05 Å². The smallest absolute Gasteiger partial charge is 0.236 e. The molecule has 5 heteroatoms. The number of allylic oxidation sites excluding steroid dienone is 2. The molecule has 1 heterocycles. The first-order valence-electron chi connectivity index (χ1n) is 15.1. The molecule has 0 aromatic heterocycles. The zero-order chi connectivity index (χ0) is 32.3. The van der Waals surface area contributed by atoms with Crippen LogP contribution >= 0.6 is 0 Å². The summed E-state index contributed by atoms with van der Waals surface area (Å²) >= 11 is 0. The predicted octanol–water partition coefficient (Wildman–Crippen LogP) is 8.90. The Labute approximate surface area is 254 Å². The van der Waals surface area contributed by atoms with Crippen LogP contribution in [-0.2, 0) is 15.0 Å². The summed E-state index contributed by atoms with van der Waals surface area (Å²) in [6, 6.07) is 24.8. The molecule has 2 amide bonds. The number of hydrogen-bond donors (Lipinski definition) is 2. The van der Waals surface area contributed by atoms with Crippen molar-refractivity contribution in [1.82, 2.24) is 4.90 Å². The third-order valence-corrected chi connectivity index (χ3v) is 6.61. The molecule has 1 fully saturated rings. The van der Waals surface area contributed by atoms with Gasteiger partial charge in [0.15, 0.2) is 0 Å². The first kappa shape index (κ1) is 37.9. The zero-order valence-electron chi connectivity index (χ0n) is 27.1. The fourth-order valence-corrected chi connectivity index (χ4v) is 4.50. The third kappa shape index (κ3) is 9.20. The maximum absolute atomic E-state index is 11.4. The van der Waals surface area contributed by atoms with Crippen molar-refractivity contribution in [2.45, 2.75) is 67.7 Å². The molecule has 5 nitrogen and oxygen atoms in total. The quantitative estimate of drug-likeness (QED) is 0.242. The van der Waals surface area contributed by atoms with Gasteiger partial charge in [-0.3, -0.25) is 14.5 Å². The van der Waals surface area contributed by atoms with Crippen molar-refractivity contribution in [2.24, 2.45) is 11.8 Å². The van der Waals surface area contributed by atoms with Gasteiger partial charge in [-0.25, -0.2) is 0 Å². The highest BCUT2D eigenvalue weighted by atomic mass is 16.3. The van der Waals surface area contributed by atoms with Gasteiger partial charge in [0.25, 0.3) is 0 Å². The van der Waals surface area contributed by atoms with Gasteiger partial charge in [-0.05, 0) is 47.9 Å². The molecule has 5 rings (SSSR count). The van der Waals surface area contributed by atoms with Gasteiger partial charge in [0.2, 0.25) is 11.8 Å². The minimum atomic E-state index is -0.358. The van der Waals surface area contributed by atoms with Crippen molar-refractivity contribution in [1.29, 1.82) is 0 Å². The van der Waals surface area contributed by atoms with Crippen LogP contribution < -0.4 is 0 Å². The summed E-state index contributed by atoms with van der Waals surface area (Å²) in [7, 11) is 1.53. The van der Waals surface area contributed by atoms with Crippen LogP contribution in [0.25, 0.3) is 0 Å². The minimum absolute atomic E-state index is 0.0920. The number of aromatic hydroxyl groups is 2. The molecule has 0 saturated carbocycles. The van der Waals surface area contributed by atoms with E-state index in [2.05, 4.69) is 19.1 Å². The van der Waals surface area contributed by atoms with E-state index in [0.29, 0.717) is 0 Å². The number of carbonyl (C=O) groups is 2. The minimum Gasteiger partial charge on any atom is -0.508 e. The topological polar surface area (TPSA) is 77.8 Å². The summed E-state index contributed by atoms with van der Waals surface area (Å²) in [5.41, 5.74) is 2.97. The van der Waals surface area contributed by atoms with E-state index in [0.717, 1.165) is 16.7 Å². The number of rotatable bonds is 3. The Hall–Kier alpha value is -4.12. The lowest BCUT2D eigenvalue weighted by molar-refractivity contribution is -0.137. The van der Waals surface area contributed by atoms with Crippen molar-refractivity contribution < 1.29 is 19.8 Å². The molecule has 3 aromatic carbocycles. The number of fused-ring (bicyclic) bond motifs is 1. The number of nitrogens with zero attached hydrogens (tertiary/aromatic N) is 1. The van der Waals surface area contributed by atoms with E-state index < -0.39 is 0 Å². The van der Waals surface area contributed by atoms with E-state index in [4.69, 9.17) is 0 Å². The number of likely N-dealkylation sites (tertiary alicyclic amines) is 1. The maximum Gasteiger partial charge on any atom is 0.236 e. The molecule has 2 atom stereocenters. The van der Waals surface area contributed by atoms with Crippen LogP contribution in [0.15, 0.2) is 103 Å². The first-order valence-corrected chi connectivity index (χ1v) is 15.1. The molecule has 2 aliphatic rings. The average molecular weight is 574 g/mol. The Morgan fingerprint density at radius 3 is 1.19 bits per heavy atom. The SMILES string of the molecule is CC.CC.CC.CC.CC(c1ccccc1)(c1ccc(O)cc1)c1ccc(O)cc1.CN1C(=O)C2C=CC=CC2C1=O. The van der Waals surface area contributed by atoms with Crippen molar-refractivity contribution in [3.63, 3.8) is 0 Å². The number of benzene rings is 3. The van der Waals surface area contributed by atoms with Crippen LogP contribution in [0.3, 0.4) is 0 Å². The molecule has 0 radical (unpaired) electrons. The zero-order valence-corrected chi connectivity index (χ0v) is 27.1. The van der Waals surface area contributed by atoms with Gasteiger partial charge in [0.1, 0.15) is 11.5 Å². The van der Waals surface area contributed by atoms with Gasteiger partial charge in [-0.2, -0.15) is 0 Å². The molecule has 0 bridgehead atoms. The van der Waals surface area contributed by atoms with Gasteiger partial charge in [-0.1, -0.05) is 134 Å². The number of phenols is 2. The van der Waals surface area contributed by atoms with Crippen LogP contribution in [0.4, 0.5) is 0 Å². The number of imide groups is 1. The number of carbonyl (C=O) groups excluding carboxylic acids is 2. The van der Waals surface area contributed by atoms with Crippen LogP contribution in [0.2, 0.25) is 0 Å². The van der Waals surface area contributed by atoms with Crippen LogP contribution in [0.1, 0.15) is 79.0 Å². The predicted molar refractivity (Wildman–Crippen MR) is 177 cm³/mol. The standard InChI is InChI=1S/C20H18O2.C9H9NO2.4C2H6/c1-20(15-5-3-2-4-6-15,16-7-11-18(21)12-8-16)17-9-13-19(22)14-10-17;1-10-8(11)6-4-2-3-5-7(6)9(10)12;4*1-2/h2-14,21-22H,1H3;2-7H,1H3;4*1-2H3. The van der Waals surface area contributed by atoms with E-state index in [1.807, 2.05) is 110 Å². The lowest BCUT2D eigenvalue weighted by atomic mass is 9.71. The third-order valence-electron chi connectivity index (χ3n) is 6.61. The summed E-state index contributed by atoms with van der Waals surface area (Å²) in [4.78, 5) is 23.9. The molecule has 0 spiro atoms. The largest absolute Gasteiger partial charge is 0.508 e. The lowest BCUT2D eigenvalue weighted by Gasteiger charge is -2.32. The van der Waals surface area contributed by atoms with Crippen molar-refractivity contribution in [3.05, 3.63) is 120 Å². The molecule has 42 heavy (non-hydrogen) atoms. The molecular formula is C37H51NO4. The summed E-state index contributed by atoms with van der Waals surface area (Å²) in [6.07, 6.45) is 7.19. The van der Waals surface area contributed by atoms with Crippen LogP contribution in [0.5, 0.6) is 11.5 Å². The van der Waals surface area contributed by atoms with Crippen molar-refractivity contribution in [3.8, 4) is 11.5 Å². The van der Waals surface area contributed by atoms with Crippen LogP contribution in [0, 0.1) is 11.8 Å². The molecular weight excluding hydrogens is 522 g/mol. The molecule has 1 aliphatic heterocycles.